The van der Waals surface area contributed by atoms with Crippen LogP contribution in [0.1, 0.15) is 64.7 Å². The molecular formula is C21H38N2NaO6S+. The van der Waals surface area contributed by atoms with Gasteiger partial charge < -0.3 is 14.8 Å². The van der Waals surface area contributed by atoms with Gasteiger partial charge in [0, 0.05) is 6.42 Å². The minimum absolute atomic E-state index is 0. The summed E-state index contributed by atoms with van der Waals surface area (Å²) in [6, 6.07) is 0. The molecule has 0 aromatic heterocycles. The maximum absolute atomic E-state index is 12.8. The molecule has 1 unspecified atom stereocenters. The normalized spacial score (nSPS) is 15.5. The molecule has 1 heterocycles. The first kappa shape index (κ1) is 30.7. The number of unbranched alkanes of at least 4 members (excludes halogenated alkanes) is 6. The first-order chi connectivity index (χ1) is 14.3. The SMILES string of the molecule is CCCCC/C=C/CCCCCC(=O)C1=[N+](CC(O)CS(=O)(=O)[O-])CCN1CCO.[Na+]. The third kappa shape index (κ3) is 13.8. The molecule has 0 bridgehead atoms. The number of aliphatic hydroxyl groups is 2. The van der Waals surface area contributed by atoms with Gasteiger partial charge in [0.25, 0.3) is 0 Å². The Balaban J connectivity index is 0.00000900. The van der Waals surface area contributed by atoms with Crippen molar-refractivity contribution in [2.24, 2.45) is 0 Å². The zero-order chi connectivity index (χ0) is 22.4. The van der Waals surface area contributed by atoms with Gasteiger partial charge in [-0.25, -0.2) is 8.42 Å². The molecule has 1 aliphatic rings. The Morgan fingerprint density at radius 3 is 2.42 bits per heavy atom. The van der Waals surface area contributed by atoms with Crippen molar-refractivity contribution in [3.05, 3.63) is 12.2 Å². The molecule has 174 valence electrons. The van der Waals surface area contributed by atoms with E-state index in [1.165, 1.54) is 19.3 Å². The van der Waals surface area contributed by atoms with E-state index in [1.807, 2.05) is 0 Å². The van der Waals surface area contributed by atoms with Crippen LogP contribution in [0.5, 0.6) is 0 Å². The van der Waals surface area contributed by atoms with Crippen LogP contribution in [-0.4, -0.2) is 88.9 Å². The van der Waals surface area contributed by atoms with Crippen molar-refractivity contribution in [3.63, 3.8) is 0 Å². The summed E-state index contributed by atoms with van der Waals surface area (Å²) in [6.45, 7) is 3.26. The molecule has 0 saturated heterocycles. The van der Waals surface area contributed by atoms with Crippen LogP contribution in [0.3, 0.4) is 0 Å². The fourth-order valence-electron chi connectivity index (χ4n) is 3.65. The molecule has 2 N–H and O–H groups in total. The van der Waals surface area contributed by atoms with Gasteiger partial charge in [-0.15, -0.1) is 0 Å². The fraction of sp³-hybridized carbons (Fsp3) is 0.810. The van der Waals surface area contributed by atoms with Crippen molar-refractivity contribution in [1.82, 2.24) is 4.90 Å². The van der Waals surface area contributed by atoms with Gasteiger partial charge in [-0.1, -0.05) is 38.3 Å². The van der Waals surface area contributed by atoms with Crippen molar-refractivity contribution in [2.75, 3.05) is 38.5 Å². The monoisotopic (exact) mass is 469 g/mol. The molecule has 0 aromatic rings. The van der Waals surface area contributed by atoms with Gasteiger partial charge in [-0.05, 0) is 32.1 Å². The van der Waals surface area contributed by atoms with Crippen LogP contribution in [0.4, 0.5) is 0 Å². The zero-order valence-corrected chi connectivity index (χ0v) is 22.0. The number of β-amino-alcohol motifs (C(OH)–C–C–N with tert-alkyl or cyclic N) is 2. The van der Waals surface area contributed by atoms with Crippen molar-refractivity contribution < 1.29 is 62.1 Å². The van der Waals surface area contributed by atoms with E-state index in [4.69, 9.17) is 0 Å². The van der Waals surface area contributed by atoms with Gasteiger partial charge >= 0.3 is 35.4 Å². The number of allylic oxidation sites excluding steroid dienone is 2. The summed E-state index contributed by atoms with van der Waals surface area (Å²) >= 11 is 0. The van der Waals surface area contributed by atoms with Crippen LogP contribution in [0.25, 0.3) is 0 Å². The van der Waals surface area contributed by atoms with Gasteiger partial charge in [0.05, 0.1) is 22.5 Å². The van der Waals surface area contributed by atoms with Crippen molar-refractivity contribution in [3.8, 4) is 0 Å². The van der Waals surface area contributed by atoms with Crippen LogP contribution in [-0.2, 0) is 14.9 Å². The second-order valence-electron chi connectivity index (χ2n) is 7.85. The number of ketones is 1. The smallest absolute Gasteiger partial charge is 0.748 e. The third-order valence-corrected chi connectivity index (χ3v) is 5.89. The average molecular weight is 470 g/mol. The summed E-state index contributed by atoms with van der Waals surface area (Å²) in [5.74, 6) is -0.549. The van der Waals surface area contributed by atoms with Crippen LogP contribution < -0.4 is 29.6 Å². The van der Waals surface area contributed by atoms with Gasteiger partial charge in [0.2, 0.25) is 5.78 Å². The predicted molar refractivity (Wildman–Crippen MR) is 116 cm³/mol. The molecule has 8 nitrogen and oxygen atoms in total. The van der Waals surface area contributed by atoms with Crippen molar-refractivity contribution in [2.45, 2.75) is 70.8 Å². The maximum atomic E-state index is 12.8. The van der Waals surface area contributed by atoms with Crippen LogP contribution in [0.15, 0.2) is 12.2 Å². The molecule has 0 aliphatic carbocycles. The Bertz CT molecular complexity index is 681. The summed E-state index contributed by atoms with van der Waals surface area (Å²) in [4.78, 5) is 14.5. The van der Waals surface area contributed by atoms with E-state index in [0.29, 0.717) is 31.9 Å². The molecule has 1 atom stereocenters. The molecule has 0 radical (unpaired) electrons. The Labute approximate surface area is 209 Å². The predicted octanol–water partition coefficient (Wildman–Crippen LogP) is -1.73. The number of carbonyl (C=O) groups is 1. The second-order valence-corrected chi connectivity index (χ2v) is 9.30. The number of carbonyl (C=O) groups excluding carboxylic acids is 1. The molecule has 0 spiro atoms. The van der Waals surface area contributed by atoms with E-state index < -0.39 is 22.0 Å². The van der Waals surface area contributed by atoms with Crippen LogP contribution >= 0.6 is 0 Å². The molecular weight excluding hydrogens is 431 g/mol. The number of hydrogen-bond donors (Lipinski definition) is 2. The largest absolute Gasteiger partial charge is 1.00 e. The number of amidine groups is 1. The number of nitrogens with zero attached hydrogens (tertiary/aromatic N) is 2. The fourth-order valence-corrected chi connectivity index (χ4v) is 4.23. The summed E-state index contributed by atoms with van der Waals surface area (Å²) in [5, 5.41) is 19.2. The molecule has 0 fully saturated rings. The Hall–Kier alpha value is -0.290. The molecule has 0 aromatic carbocycles. The molecule has 0 amide bonds. The number of Topliss-reactive ketones (excluding diaryl/α,β-unsaturated/α-hetero) is 1. The minimum atomic E-state index is -4.54. The quantitative estimate of drug-likeness (QED) is 0.0854. The molecule has 10 heteroatoms. The first-order valence-corrected chi connectivity index (χ1v) is 12.6. The summed E-state index contributed by atoms with van der Waals surface area (Å²) in [5.41, 5.74) is 0. The first-order valence-electron chi connectivity index (χ1n) is 11.1. The van der Waals surface area contributed by atoms with E-state index in [-0.39, 0.29) is 48.5 Å². The van der Waals surface area contributed by atoms with E-state index in [2.05, 4.69) is 19.1 Å². The summed E-state index contributed by atoms with van der Waals surface area (Å²) in [6.07, 6.45) is 12.0. The van der Waals surface area contributed by atoms with Gasteiger partial charge in [-0.2, -0.15) is 0 Å². The van der Waals surface area contributed by atoms with E-state index in [9.17, 15) is 28.0 Å². The van der Waals surface area contributed by atoms with E-state index in [0.717, 1.165) is 32.1 Å². The van der Waals surface area contributed by atoms with E-state index >= 15 is 0 Å². The minimum Gasteiger partial charge on any atom is -0.748 e. The van der Waals surface area contributed by atoms with Gasteiger partial charge in [-0.3, -0.25) is 14.3 Å². The standard InChI is InChI=1S/C21H38N2O6S.Na/c1-2-3-4-5-6-7-8-9-10-11-12-20(26)21-22(15-16-24)13-14-23(21)17-19(25)18-30(27,28)29;/h6-7,19,24-25H,2-5,8-18H2,1H3;/q;+1/b7-6+;. The van der Waals surface area contributed by atoms with Crippen molar-refractivity contribution in [1.29, 1.82) is 0 Å². The van der Waals surface area contributed by atoms with Gasteiger partial charge in [0.15, 0.2) is 0 Å². The van der Waals surface area contributed by atoms with Crippen LogP contribution in [0, 0.1) is 0 Å². The Morgan fingerprint density at radius 1 is 1.19 bits per heavy atom. The Morgan fingerprint density at radius 2 is 1.84 bits per heavy atom. The number of hydrogen-bond acceptors (Lipinski definition) is 7. The maximum Gasteiger partial charge on any atom is 1.00 e. The topological polar surface area (TPSA) is 121 Å². The summed E-state index contributed by atoms with van der Waals surface area (Å²) < 4.78 is 34.2. The second kappa shape index (κ2) is 17.2. The molecule has 1 rings (SSSR count). The molecule has 31 heavy (non-hydrogen) atoms. The average Bonchev–Trinajstić information content (AvgIpc) is 3.04. The van der Waals surface area contributed by atoms with Gasteiger partial charge in [0.1, 0.15) is 32.3 Å². The molecule has 1 aliphatic heterocycles. The zero-order valence-electron chi connectivity index (χ0n) is 19.2. The third-order valence-electron chi connectivity index (χ3n) is 5.10. The Kier molecular flexibility index (Phi) is 17.1. The van der Waals surface area contributed by atoms with E-state index in [1.54, 1.807) is 9.48 Å². The van der Waals surface area contributed by atoms with Crippen molar-refractivity contribution >= 4 is 21.7 Å². The summed E-state index contributed by atoms with van der Waals surface area (Å²) in [7, 11) is -4.54. The van der Waals surface area contributed by atoms with Crippen LogP contribution in [0.2, 0.25) is 0 Å². The molecule has 0 saturated carbocycles. The number of rotatable bonds is 17. The number of aliphatic hydroxyl groups excluding tert-OH is 2.